The van der Waals surface area contributed by atoms with Crippen LogP contribution in [0.3, 0.4) is 0 Å². The molecule has 0 unspecified atom stereocenters. The highest BCUT2D eigenvalue weighted by Crippen LogP contribution is 2.35. The van der Waals surface area contributed by atoms with Crippen molar-refractivity contribution in [1.29, 1.82) is 0 Å². The van der Waals surface area contributed by atoms with E-state index in [4.69, 9.17) is 9.26 Å². The average Bonchev–Trinajstić information content (AvgIpc) is 3.34. The predicted molar refractivity (Wildman–Crippen MR) is 106 cm³/mol. The molecule has 4 heterocycles. The van der Waals surface area contributed by atoms with E-state index < -0.39 is 10.0 Å². The van der Waals surface area contributed by atoms with Crippen molar-refractivity contribution in [2.45, 2.75) is 31.6 Å². The number of amides is 1. The molecule has 0 N–H and O–H groups in total. The summed E-state index contributed by atoms with van der Waals surface area (Å²) in [6.07, 6.45) is 1.37. The molecule has 2 aromatic rings. The highest BCUT2D eigenvalue weighted by molar-refractivity contribution is 7.89. The average molecular weight is 441 g/mol. The molecule has 0 saturated carbocycles. The van der Waals surface area contributed by atoms with E-state index in [1.54, 1.807) is 24.8 Å². The molecular weight excluding hydrogens is 416 g/mol. The number of hydrogen-bond donors (Lipinski definition) is 0. The SMILES string of the molecule is Cc1nc(-c2cc(S(=O)(=O)N3CCC[C@@H](C(=O)N4CCOCC4)C3)c(C)s2)no1. The summed E-state index contributed by atoms with van der Waals surface area (Å²) < 4.78 is 38.4. The number of aromatic nitrogens is 2. The van der Waals surface area contributed by atoms with Gasteiger partial charge in [-0.25, -0.2) is 8.42 Å². The third-order valence-electron chi connectivity index (χ3n) is 5.29. The number of ether oxygens (including phenoxy) is 1. The summed E-state index contributed by atoms with van der Waals surface area (Å²) in [6, 6.07) is 1.60. The number of nitrogens with zero attached hydrogens (tertiary/aromatic N) is 4. The number of carbonyl (C=O) groups excluding carboxylic acids is 1. The molecule has 11 heteroatoms. The van der Waals surface area contributed by atoms with E-state index in [2.05, 4.69) is 10.1 Å². The molecule has 0 bridgehead atoms. The first kappa shape index (κ1) is 20.5. The van der Waals surface area contributed by atoms with Crippen LogP contribution in [0.5, 0.6) is 0 Å². The summed E-state index contributed by atoms with van der Waals surface area (Å²) in [7, 11) is -3.71. The molecule has 1 amide bonds. The van der Waals surface area contributed by atoms with Gasteiger partial charge in [-0.05, 0) is 25.8 Å². The molecule has 0 aromatic carbocycles. The van der Waals surface area contributed by atoms with E-state index in [-0.39, 0.29) is 23.3 Å². The minimum absolute atomic E-state index is 0.0261. The van der Waals surface area contributed by atoms with Crippen molar-refractivity contribution < 1.29 is 22.5 Å². The van der Waals surface area contributed by atoms with Crippen LogP contribution in [0, 0.1) is 19.8 Å². The number of aryl methyl sites for hydroxylation is 2. The van der Waals surface area contributed by atoms with Gasteiger partial charge in [0, 0.05) is 38.0 Å². The predicted octanol–water partition coefficient (Wildman–Crippen LogP) is 1.67. The Kier molecular flexibility index (Phi) is 5.74. The second kappa shape index (κ2) is 8.13. The van der Waals surface area contributed by atoms with E-state index >= 15 is 0 Å². The van der Waals surface area contributed by atoms with Gasteiger partial charge in [0.2, 0.25) is 27.6 Å². The van der Waals surface area contributed by atoms with Gasteiger partial charge in [0.25, 0.3) is 0 Å². The van der Waals surface area contributed by atoms with Crippen LogP contribution in [0.4, 0.5) is 0 Å². The van der Waals surface area contributed by atoms with Crippen LogP contribution >= 0.6 is 11.3 Å². The standard InChI is InChI=1S/C18H24N4O5S2/c1-12-16(10-15(28-12)17-19-13(2)27-20-17)29(24,25)22-5-3-4-14(11-22)18(23)21-6-8-26-9-7-21/h10,14H,3-9,11H2,1-2H3/t14-/m1/s1. The highest BCUT2D eigenvalue weighted by atomic mass is 32.2. The van der Waals surface area contributed by atoms with Crippen LogP contribution in [0.2, 0.25) is 0 Å². The van der Waals surface area contributed by atoms with Gasteiger partial charge in [-0.3, -0.25) is 4.79 Å². The summed E-state index contributed by atoms with van der Waals surface area (Å²) in [5.74, 6) is 0.528. The van der Waals surface area contributed by atoms with Gasteiger partial charge in [0.05, 0.1) is 28.9 Å². The lowest BCUT2D eigenvalue weighted by Gasteiger charge is -2.35. The number of hydrogen-bond acceptors (Lipinski definition) is 8. The Labute approximate surface area is 173 Å². The molecule has 2 aromatic heterocycles. The van der Waals surface area contributed by atoms with Crippen molar-refractivity contribution in [3.63, 3.8) is 0 Å². The van der Waals surface area contributed by atoms with Gasteiger partial charge in [-0.2, -0.15) is 9.29 Å². The number of thiophene rings is 1. The largest absolute Gasteiger partial charge is 0.378 e. The van der Waals surface area contributed by atoms with E-state index in [0.29, 0.717) is 67.2 Å². The second-order valence-corrected chi connectivity index (χ2v) is 10.5. The molecule has 9 nitrogen and oxygen atoms in total. The van der Waals surface area contributed by atoms with Gasteiger partial charge >= 0.3 is 0 Å². The lowest BCUT2D eigenvalue weighted by molar-refractivity contribution is -0.140. The van der Waals surface area contributed by atoms with E-state index in [0.717, 1.165) is 0 Å². The Morgan fingerprint density at radius 1 is 1.24 bits per heavy atom. The van der Waals surface area contributed by atoms with Crippen molar-refractivity contribution in [3.05, 3.63) is 16.8 Å². The molecule has 2 saturated heterocycles. The fourth-order valence-corrected chi connectivity index (χ4v) is 6.78. The molecule has 1 atom stereocenters. The third-order valence-corrected chi connectivity index (χ3v) is 8.46. The monoisotopic (exact) mass is 440 g/mol. The Hall–Kier alpha value is -1.82. The summed E-state index contributed by atoms with van der Waals surface area (Å²) in [5.41, 5.74) is 0. The first-order chi connectivity index (χ1) is 13.9. The van der Waals surface area contributed by atoms with E-state index in [9.17, 15) is 13.2 Å². The van der Waals surface area contributed by atoms with Crippen molar-refractivity contribution in [3.8, 4) is 10.7 Å². The summed E-state index contributed by atoms with van der Waals surface area (Å²) in [4.78, 5) is 20.4. The van der Waals surface area contributed by atoms with Gasteiger partial charge < -0.3 is 14.2 Å². The van der Waals surface area contributed by atoms with Crippen molar-refractivity contribution >= 4 is 27.3 Å². The first-order valence-electron chi connectivity index (χ1n) is 9.64. The maximum Gasteiger partial charge on any atom is 0.244 e. The summed E-state index contributed by atoms with van der Waals surface area (Å²) >= 11 is 1.32. The number of morpholine rings is 1. The van der Waals surface area contributed by atoms with Crippen LogP contribution in [-0.2, 0) is 19.6 Å². The molecule has 158 valence electrons. The maximum atomic E-state index is 13.3. The lowest BCUT2D eigenvalue weighted by atomic mass is 9.98. The van der Waals surface area contributed by atoms with Crippen molar-refractivity contribution in [2.24, 2.45) is 5.92 Å². The van der Waals surface area contributed by atoms with Crippen LogP contribution < -0.4 is 0 Å². The van der Waals surface area contributed by atoms with Crippen LogP contribution in [0.15, 0.2) is 15.5 Å². The first-order valence-corrected chi connectivity index (χ1v) is 11.9. The molecule has 2 fully saturated rings. The lowest BCUT2D eigenvalue weighted by Crippen LogP contribution is -2.49. The molecule has 0 spiro atoms. The van der Waals surface area contributed by atoms with Crippen LogP contribution in [0.25, 0.3) is 10.7 Å². The van der Waals surface area contributed by atoms with Crippen molar-refractivity contribution in [2.75, 3.05) is 39.4 Å². The molecule has 0 radical (unpaired) electrons. The zero-order valence-corrected chi connectivity index (χ0v) is 18.1. The third kappa shape index (κ3) is 4.09. The topological polar surface area (TPSA) is 106 Å². The molecule has 29 heavy (non-hydrogen) atoms. The molecule has 0 aliphatic carbocycles. The Bertz CT molecular complexity index is 994. The molecule has 4 rings (SSSR count). The van der Waals surface area contributed by atoms with Gasteiger partial charge in [0.1, 0.15) is 0 Å². The van der Waals surface area contributed by atoms with E-state index in [1.165, 1.54) is 15.6 Å². The second-order valence-electron chi connectivity index (χ2n) is 7.31. The van der Waals surface area contributed by atoms with E-state index in [1.807, 2.05) is 0 Å². The van der Waals surface area contributed by atoms with Gasteiger partial charge in [-0.15, -0.1) is 11.3 Å². The van der Waals surface area contributed by atoms with Gasteiger partial charge in [-0.1, -0.05) is 5.16 Å². The molecule has 2 aliphatic heterocycles. The number of piperidine rings is 1. The quantitative estimate of drug-likeness (QED) is 0.712. The zero-order valence-electron chi connectivity index (χ0n) is 16.5. The fourth-order valence-electron chi connectivity index (χ4n) is 3.77. The maximum absolute atomic E-state index is 13.3. The number of carbonyl (C=O) groups is 1. The minimum Gasteiger partial charge on any atom is -0.378 e. The number of rotatable bonds is 4. The molecule has 2 aliphatic rings. The fraction of sp³-hybridized carbons (Fsp3) is 0.611. The Morgan fingerprint density at radius 3 is 2.69 bits per heavy atom. The zero-order chi connectivity index (χ0) is 20.6. The smallest absolute Gasteiger partial charge is 0.244 e. The van der Waals surface area contributed by atoms with Gasteiger partial charge in [0.15, 0.2) is 0 Å². The normalized spacial score (nSPS) is 21.4. The highest BCUT2D eigenvalue weighted by Gasteiger charge is 2.36. The minimum atomic E-state index is -3.71. The van der Waals surface area contributed by atoms with Crippen molar-refractivity contribution in [1.82, 2.24) is 19.3 Å². The Morgan fingerprint density at radius 2 is 2.00 bits per heavy atom. The number of sulfonamides is 1. The molecular formula is C18H24N4O5S2. The summed E-state index contributed by atoms with van der Waals surface area (Å²) in [6.45, 7) is 6.30. The summed E-state index contributed by atoms with van der Waals surface area (Å²) in [5, 5.41) is 3.88. The van der Waals surface area contributed by atoms with Crippen LogP contribution in [0.1, 0.15) is 23.6 Å². The Balaban J connectivity index is 1.54. The van der Waals surface area contributed by atoms with Crippen LogP contribution in [-0.4, -0.2) is 73.1 Å².